The van der Waals surface area contributed by atoms with Crippen molar-refractivity contribution in [3.05, 3.63) is 40.4 Å². The first-order chi connectivity index (χ1) is 11.5. The summed E-state index contributed by atoms with van der Waals surface area (Å²) in [6.45, 7) is 2.48. The Labute approximate surface area is 153 Å². The van der Waals surface area contributed by atoms with Crippen LogP contribution in [0.15, 0.2) is 29.1 Å². The van der Waals surface area contributed by atoms with Crippen LogP contribution < -0.4 is 16.6 Å². The van der Waals surface area contributed by atoms with Gasteiger partial charge in [-0.1, -0.05) is 12.1 Å². The number of aromatic amines is 1. The largest absolute Gasteiger partial charge is 0.349 e. The van der Waals surface area contributed by atoms with Crippen LogP contribution in [0.1, 0.15) is 38.4 Å². The van der Waals surface area contributed by atoms with Gasteiger partial charge in [0, 0.05) is 19.4 Å². The van der Waals surface area contributed by atoms with Crippen LogP contribution in [0.3, 0.4) is 0 Å². The van der Waals surface area contributed by atoms with Crippen molar-refractivity contribution in [3.63, 3.8) is 0 Å². The number of H-pyrrole nitrogens is 1. The molecule has 0 saturated heterocycles. The minimum Gasteiger partial charge on any atom is -0.349 e. The van der Waals surface area contributed by atoms with Gasteiger partial charge in [0.05, 0.1) is 16.4 Å². The molecule has 136 valence electrons. The molecule has 2 aromatic rings. The Hall–Kier alpha value is -1.92. The number of hydrogen-bond donors (Lipinski definition) is 3. The summed E-state index contributed by atoms with van der Waals surface area (Å²) in [6, 6.07) is 7.25. The van der Waals surface area contributed by atoms with E-state index in [4.69, 9.17) is 5.73 Å². The van der Waals surface area contributed by atoms with Crippen molar-refractivity contribution in [2.45, 2.75) is 44.6 Å². The SMILES string of the molecule is CC(CN)(NC(=O)CCCc1nc2ccccc2c(=O)[nH]1)C1CC1.Cl. The molecule has 1 saturated carbocycles. The molecule has 1 fully saturated rings. The highest BCUT2D eigenvalue weighted by Crippen LogP contribution is 2.39. The topological polar surface area (TPSA) is 101 Å². The number of nitrogens with one attached hydrogen (secondary N) is 2. The second kappa shape index (κ2) is 7.97. The number of benzene rings is 1. The number of hydrogen-bond acceptors (Lipinski definition) is 4. The van der Waals surface area contributed by atoms with Crippen molar-refractivity contribution >= 4 is 29.2 Å². The standard InChI is InChI=1S/C18H24N4O2.ClH/c1-18(11-19,12-9-10-12)22-16(23)8-4-7-15-20-14-6-3-2-5-13(14)17(24)21-15;/h2-3,5-6,12H,4,7-11,19H2,1H3,(H,22,23)(H,20,21,24);1H. The molecule has 0 aliphatic heterocycles. The number of halogens is 1. The van der Waals surface area contributed by atoms with Crippen LogP contribution in [-0.4, -0.2) is 28.0 Å². The second-order valence-electron chi connectivity index (χ2n) is 6.83. The van der Waals surface area contributed by atoms with Crippen LogP contribution in [0.2, 0.25) is 0 Å². The molecule has 1 aliphatic rings. The van der Waals surface area contributed by atoms with Crippen LogP contribution >= 0.6 is 12.4 Å². The van der Waals surface area contributed by atoms with Gasteiger partial charge in [0.2, 0.25) is 5.91 Å². The number of para-hydroxylation sites is 1. The third kappa shape index (κ3) is 4.58. The van der Waals surface area contributed by atoms with Gasteiger partial charge in [-0.3, -0.25) is 9.59 Å². The molecule has 1 amide bonds. The lowest BCUT2D eigenvalue weighted by molar-refractivity contribution is -0.123. The number of rotatable bonds is 7. The molecule has 1 aromatic heterocycles. The minimum absolute atomic E-state index is 0. The molecule has 0 bridgehead atoms. The zero-order valence-electron chi connectivity index (χ0n) is 14.4. The average Bonchev–Trinajstić information content (AvgIpc) is 3.40. The van der Waals surface area contributed by atoms with Crippen LogP contribution in [-0.2, 0) is 11.2 Å². The van der Waals surface area contributed by atoms with Crippen molar-refractivity contribution in [1.29, 1.82) is 0 Å². The molecule has 3 rings (SSSR count). The molecule has 1 aromatic carbocycles. The molecule has 25 heavy (non-hydrogen) atoms. The summed E-state index contributed by atoms with van der Waals surface area (Å²) in [5, 5.41) is 3.66. The predicted octanol–water partition coefficient (Wildman–Crippen LogP) is 1.91. The van der Waals surface area contributed by atoms with Gasteiger partial charge in [-0.25, -0.2) is 4.98 Å². The molecular formula is C18H25ClN4O2. The third-order valence-electron chi connectivity index (χ3n) is 4.81. The fourth-order valence-corrected chi connectivity index (χ4v) is 3.09. The van der Waals surface area contributed by atoms with Crippen molar-refractivity contribution < 1.29 is 4.79 Å². The van der Waals surface area contributed by atoms with E-state index in [2.05, 4.69) is 15.3 Å². The highest BCUT2D eigenvalue weighted by Gasteiger charge is 2.41. The van der Waals surface area contributed by atoms with Crippen LogP contribution in [0.4, 0.5) is 0 Å². The lowest BCUT2D eigenvalue weighted by atomic mass is 9.95. The fourth-order valence-electron chi connectivity index (χ4n) is 3.09. The molecule has 0 radical (unpaired) electrons. The number of carbonyl (C=O) groups is 1. The summed E-state index contributed by atoms with van der Waals surface area (Å²) in [5.74, 6) is 1.14. The Kier molecular flexibility index (Phi) is 6.19. The van der Waals surface area contributed by atoms with E-state index >= 15 is 0 Å². The van der Waals surface area contributed by atoms with E-state index in [-0.39, 0.29) is 29.4 Å². The van der Waals surface area contributed by atoms with Crippen molar-refractivity contribution in [1.82, 2.24) is 15.3 Å². The van der Waals surface area contributed by atoms with E-state index in [1.165, 1.54) is 0 Å². The van der Waals surface area contributed by atoms with E-state index in [0.717, 1.165) is 12.8 Å². The first-order valence-corrected chi connectivity index (χ1v) is 8.51. The highest BCUT2D eigenvalue weighted by atomic mass is 35.5. The molecule has 6 nitrogen and oxygen atoms in total. The number of amides is 1. The van der Waals surface area contributed by atoms with E-state index in [1.807, 2.05) is 25.1 Å². The smallest absolute Gasteiger partial charge is 0.258 e. The number of nitrogens with two attached hydrogens (primary N) is 1. The number of fused-ring (bicyclic) bond motifs is 1. The minimum atomic E-state index is -0.285. The zero-order chi connectivity index (χ0) is 17.2. The summed E-state index contributed by atoms with van der Waals surface area (Å²) in [5.41, 5.74) is 6.09. The molecule has 4 N–H and O–H groups in total. The Morgan fingerprint density at radius 3 is 2.80 bits per heavy atom. The van der Waals surface area contributed by atoms with E-state index in [1.54, 1.807) is 6.07 Å². The van der Waals surface area contributed by atoms with Crippen molar-refractivity contribution in [2.75, 3.05) is 6.54 Å². The lowest BCUT2D eigenvalue weighted by Gasteiger charge is -2.29. The van der Waals surface area contributed by atoms with E-state index < -0.39 is 0 Å². The average molecular weight is 365 g/mol. The Morgan fingerprint density at radius 1 is 1.40 bits per heavy atom. The summed E-state index contributed by atoms with van der Waals surface area (Å²) in [6.07, 6.45) is 3.87. The van der Waals surface area contributed by atoms with Crippen LogP contribution in [0.25, 0.3) is 10.9 Å². The summed E-state index contributed by atoms with van der Waals surface area (Å²) >= 11 is 0. The lowest BCUT2D eigenvalue weighted by Crippen LogP contribution is -2.53. The maximum atomic E-state index is 12.2. The predicted molar refractivity (Wildman–Crippen MR) is 101 cm³/mol. The van der Waals surface area contributed by atoms with Crippen LogP contribution in [0, 0.1) is 5.92 Å². The normalized spacial score (nSPS) is 16.1. The second-order valence-corrected chi connectivity index (χ2v) is 6.83. The van der Waals surface area contributed by atoms with Gasteiger partial charge < -0.3 is 16.0 Å². The van der Waals surface area contributed by atoms with Gasteiger partial charge in [-0.05, 0) is 44.2 Å². The third-order valence-corrected chi connectivity index (χ3v) is 4.81. The molecule has 1 heterocycles. The van der Waals surface area contributed by atoms with Gasteiger partial charge in [-0.15, -0.1) is 12.4 Å². The van der Waals surface area contributed by atoms with Gasteiger partial charge in [0.15, 0.2) is 0 Å². The number of aryl methyl sites for hydroxylation is 1. The molecule has 1 atom stereocenters. The Morgan fingerprint density at radius 2 is 2.12 bits per heavy atom. The number of carbonyl (C=O) groups excluding carboxylic acids is 1. The quantitative estimate of drug-likeness (QED) is 0.698. The van der Waals surface area contributed by atoms with Crippen LogP contribution in [0.5, 0.6) is 0 Å². The molecule has 1 aliphatic carbocycles. The number of nitrogens with zero attached hydrogens (tertiary/aromatic N) is 1. The highest BCUT2D eigenvalue weighted by molar-refractivity contribution is 5.85. The van der Waals surface area contributed by atoms with Crippen molar-refractivity contribution in [2.24, 2.45) is 11.7 Å². The summed E-state index contributed by atoms with van der Waals surface area (Å²) in [7, 11) is 0. The van der Waals surface area contributed by atoms with Gasteiger partial charge >= 0.3 is 0 Å². The Bertz CT molecular complexity index is 803. The fraction of sp³-hybridized carbons (Fsp3) is 0.500. The number of aromatic nitrogens is 2. The molecular weight excluding hydrogens is 340 g/mol. The van der Waals surface area contributed by atoms with Gasteiger partial charge in [0.25, 0.3) is 5.56 Å². The molecule has 1 unspecified atom stereocenters. The van der Waals surface area contributed by atoms with E-state index in [0.29, 0.717) is 48.5 Å². The van der Waals surface area contributed by atoms with Crippen molar-refractivity contribution in [3.8, 4) is 0 Å². The summed E-state index contributed by atoms with van der Waals surface area (Å²) < 4.78 is 0. The maximum absolute atomic E-state index is 12.2. The van der Waals surface area contributed by atoms with Gasteiger partial charge in [0.1, 0.15) is 5.82 Å². The molecule has 7 heteroatoms. The zero-order valence-corrected chi connectivity index (χ0v) is 15.2. The van der Waals surface area contributed by atoms with E-state index in [9.17, 15) is 9.59 Å². The monoisotopic (exact) mass is 364 g/mol. The first-order valence-electron chi connectivity index (χ1n) is 8.51. The summed E-state index contributed by atoms with van der Waals surface area (Å²) in [4.78, 5) is 31.4. The van der Waals surface area contributed by atoms with Gasteiger partial charge in [-0.2, -0.15) is 0 Å². The maximum Gasteiger partial charge on any atom is 0.258 e. The first kappa shape index (κ1) is 19.4. The Balaban J connectivity index is 0.00000225. The molecule has 0 spiro atoms.